The Hall–Kier alpha value is -1.30. The van der Waals surface area contributed by atoms with E-state index in [1.807, 2.05) is 0 Å². The topological polar surface area (TPSA) is 0 Å². The van der Waals surface area contributed by atoms with Crippen LogP contribution in [-0.4, -0.2) is 0 Å². The molecule has 0 saturated carbocycles. The van der Waals surface area contributed by atoms with E-state index < -0.39 is 0 Å². The van der Waals surface area contributed by atoms with Crippen molar-refractivity contribution in [3.63, 3.8) is 0 Å². The van der Waals surface area contributed by atoms with Crippen LogP contribution < -0.4 is 0 Å². The third kappa shape index (κ3) is 5.46. The molecule has 0 fully saturated rings. The Morgan fingerprint density at radius 2 is 1.84 bits per heavy atom. The van der Waals surface area contributed by atoms with Gasteiger partial charge >= 0.3 is 0 Å². The zero-order valence-electron chi connectivity index (χ0n) is 13.2. The summed E-state index contributed by atoms with van der Waals surface area (Å²) >= 11 is 0. The summed E-state index contributed by atoms with van der Waals surface area (Å²) in [6, 6.07) is 0. The maximum absolute atomic E-state index is 2.35. The molecule has 1 aliphatic rings. The number of rotatable bonds is 4. The molecule has 0 heterocycles. The van der Waals surface area contributed by atoms with Crippen molar-refractivity contribution in [1.29, 1.82) is 0 Å². The Bertz CT molecular complexity index is 450. The van der Waals surface area contributed by atoms with E-state index in [9.17, 15) is 0 Å². The Kier molecular flexibility index (Phi) is 6.62. The molecule has 0 radical (unpaired) electrons. The Morgan fingerprint density at radius 1 is 1.11 bits per heavy atom. The first-order valence-electron chi connectivity index (χ1n) is 7.43. The van der Waals surface area contributed by atoms with Gasteiger partial charge in [0.25, 0.3) is 0 Å². The molecular formula is C19H28. The van der Waals surface area contributed by atoms with Gasteiger partial charge in [-0.15, -0.1) is 0 Å². The molecule has 0 spiro atoms. The highest BCUT2D eigenvalue weighted by molar-refractivity contribution is 5.40. The van der Waals surface area contributed by atoms with Crippen LogP contribution in [0.15, 0.2) is 58.2 Å². The van der Waals surface area contributed by atoms with Crippen LogP contribution in [0.2, 0.25) is 0 Å². The quantitative estimate of drug-likeness (QED) is 0.518. The molecule has 0 aromatic rings. The second kappa shape index (κ2) is 7.99. The second-order valence-corrected chi connectivity index (χ2v) is 5.55. The summed E-state index contributed by atoms with van der Waals surface area (Å²) in [6.45, 7) is 11.0. The van der Waals surface area contributed by atoms with Crippen LogP contribution in [0.25, 0.3) is 0 Å². The highest BCUT2D eigenvalue weighted by atomic mass is 14.2. The van der Waals surface area contributed by atoms with Crippen molar-refractivity contribution >= 4 is 0 Å². The van der Waals surface area contributed by atoms with Crippen LogP contribution in [0.4, 0.5) is 0 Å². The van der Waals surface area contributed by atoms with Crippen molar-refractivity contribution in [2.75, 3.05) is 0 Å². The number of hydrogen-bond acceptors (Lipinski definition) is 0. The molecule has 0 aromatic carbocycles. The standard InChI is InChI=1S/C19H28/c1-6-9-15(2)10-7-11-16(3)14-19-13-8-12-17(4)18(19)5/h7,9-11,14H,6,8,12-13H2,1-5H3/b10-7+,15-9+,16-11+,19-14+. The number of allylic oxidation sites excluding steroid dienone is 10. The van der Waals surface area contributed by atoms with Crippen molar-refractivity contribution in [2.45, 2.75) is 60.3 Å². The van der Waals surface area contributed by atoms with E-state index in [-0.39, 0.29) is 0 Å². The fourth-order valence-corrected chi connectivity index (χ4v) is 2.44. The molecule has 0 nitrogen and oxygen atoms in total. The lowest BCUT2D eigenvalue weighted by Crippen LogP contribution is -1.98. The van der Waals surface area contributed by atoms with Gasteiger partial charge < -0.3 is 0 Å². The summed E-state index contributed by atoms with van der Waals surface area (Å²) in [4.78, 5) is 0. The molecule has 1 aliphatic carbocycles. The molecule has 0 N–H and O–H groups in total. The van der Waals surface area contributed by atoms with E-state index in [0.29, 0.717) is 0 Å². The van der Waals surface area contributed by atoms with E-state index in [1.165, 1.54) is 41.6 Å². The molecule has 0 amide bonds. The van der Waals surface area contributed by atoms with Gasteiger partial charge in [0.2, 0.25) is 0 Å². The van der Waals surface area contributed by atoms with Gasteiger partial charge in [-0.05, 0) is 64.5 Å². The summed E-state index contributed by atoms with van der Waals surface area (Å²) in [6.07, 6.45) is 16.0. The minimum atomic E-state index is 1.10. The van der Waals surface area contributed by atoms with E-state index >= 15 is 0 Å². The SMILES string of the molecule is CC/C=C(C)/C=C/C=C(C)/C=C1\CCCC(C)=C1C. The summed E-state index contributed by atoms with van der Waals surface area (Å²) < 4.78 is 0. The lowest BCUT2D eigenvalue weighted by molar-refractivity contribution is 0.762. The van der Waals surface area contributed by atoms with Gasteiger partial charge in [-0.2, -0.15) is 0 Å². The summed E-state index contributed by atoms with van der Waals surface area (Å²) in [5, 5.41) is 0. The first kappa shape index (κ1) is 15.8. The van der Waals surface area contributed by atoms with Crippen LogP contribution in [0, 0.1) is 0 Å². The molecule has 0 aromatic heterocycles. The Labute approximate surface area is 119 Å². The first-order chi connectivity index (χ1) is 9.04. The Balaban J connectivity index is 2.76. The highest BCUT2D eigenvalue weighted by Crippen LogP contribution is 2.29. The zero-order chi connectivity index (χ0) is 14.3. The molecule has 0 saturated heterocycles. The van der Waals surface area contributed by atoms with Crippen LogP contribution in [0.1, 0.15) is 60.3 Å². The number of hydrogen-bond donors (Lipinski definition) is 0. The Morgan fingerprint density at radius 3 is 2.53 bits per heavy atom. The van der Waals surface area contributed by atoms with Crippen molar-refractivity contribution in [2.24, 2.45) is 0 Å². The predicted molar refractivity (Wildman–Crippen MR) is 87.3 cm³/mol. The largest absolute Gasteiger partial charge is 0.0819 e. The molecule has 0 aliphatic heterocycles. The minimum absolute atomic E-state index is 1.10. The first-order valence-corrected chi connectivity index (χ1v) is 7.43. The molecule has 0 bridgehead atoms. The molecular weight excluding hydrogens is 228 g/mol. The van der Waals surface area contributed by atoms with Gasteiger partial charge in [0.1, 0.15) is 0 Å². The average molecular weight is 256 g/mol. The summed E-state index contributed by atoms with van der Waals surface area (Å²) in [5.41, 5.74) is 7.26. The van der Waals surface area contributed by atoms with Crippen LogP contribution in [0.3, 0.4) is 0 Å². The fraction of sp³-hybridized carbons (Fsp3) is 0.474. The van der Waals surface area contributed by atoms with Gasteiger partial charge in [0, 0.05) is 0 Å². The fourth-order valence-electron chi connectivity index (χ4n) is 2.44. The van der Waals surface area contributed by atoms with E-state index in [1.54, 1.807) is 5.57 Å². The van der Waals surface area contributed by atoms with Crippen molar-refractivity contribution < 1.29 is 0 Å². The molecule has 19 heavy (non-hydrogen) atoms. The van der Waals surface area contributed by atoms with Gasteiger partial charge in [-0.3, -0.25) is 0 Å². The molecule has 1 rings (SSSR count). The third-order valence-corrected chi connectivity index (χ3v) is 3.77. The minimum Gasteiger partial charge on any atom is -0.0819 e. The summed E-state index contributed by atoms with van der Waals surface area (Å²) in [5.74, 6) is 0. The third-order valence-electron chi connectivity index (χ3n) is 3.77. The van der Waals surface area contributed by atoms with E-state index in [0.717, 1.165) is 6.42 Å². The van der Waals surface area contributed by atoms with Crippen molar-refractivity contribution in [3.05, 3.63) is 58.2 Å². The van der Waals surface area contributed by atoms with Gasteiger partial charge in [-0.1, -0.05) is 54.0 Å². The van der Waals surface area contributed by atoms with Crippen LogP contribution in [0.5, 0.6) is 0 Å². The average Bonchev–Trinajstić information content (AvgIpc) is 2.35. The smallest absolute Gasteiger partial charge is 0.0273 e. The second-order valence-electron chi connectivity index (χ2n) is 5.55. The maximum Gasteiger partial charge on any atom is -0.0273 e. The summed E-state index contributed by atoms with van der Waals surface area (Å²) in [7, 11) is 0. The van der Waals surface area contributed by atoms with Crippen LogP contribution in [-0.2, 0) is 0 Å². The lowest BCUT2D eigenvalue weighted by atomic mass is 9.88. The van der Waals surface area contributed by atoms with Crippen molar-refractivity contribution in [3.8, 4) is 0 Å². The highest BCUT2D eigenvalue weighted by Gasteiger charge is 2.09. The maximum atomic E-state index is 2.35. The molecule has 0 heteroatoms. The van der Waals surface area contributed by atoms with E-state index in [4.69, 9.17) is 0 Å². The zero-order valence-corrected chi connectivity index (χ0v) is 13.2. The van der Waals surface area contributed by atoms with Gasteiger partial charge in [0.15, 0.2) is 0 Å². The van der Waals surface area contributed by atoms with Gasteiger partial charge in [0.05, 0.1) is 0 Å². The van der Waals surface area contributed by atoms with E-state index in [2.05, 4.69) is 65.0 Å². The predicted octanol–water partition coefficient (Wildman–Crippen LogP) is 6.29. The normalized spacial score (nSPS) is 20.8. The van der Waals surface area contributed by atoms with Gasteiger partial charge in [-0.25, -0.2) is 0 Å². The van der Waals surface area contributed by atoms with Crippen molar-refractivity contribution in [1.82, 2.24) is 0 Å². The monoisotopic (exact) mass is 256 g/mol. The molecule has 104 valence electrons. The van der Waals surface area contributed by atoms with Crippen LogP contribution >= 0.6 is 0 Å². The molecule has 0 atom stereocenters. The lowest BCUT2D eigenvalue weighted by Gasteiger charge is -2.18. The molecule has 0 unspecified atom stereocenters.